The van der Waals surface area contributed by atoms with E-state index in [0.29, 0.717) is 35.1 Å². The number of aliphatic hydroxyl groups excluding tert-OH is 1. The monoisotopic (exact) mass is 330 g/mol. The molecule has 21 heavy (non-hydrogen) atoms. The third-order valence-corrected chi connectivity index (χ3v) is 3.87. The molecule has 1 fully saturated rings. The molecule has 0 aliphatic carbocycles. The maximum absolute atomic E-state index is 12.0. The van der Waals surface area contributed by atoms with Crippen LogP contribution >= 0.6 is 23.2 Å². The predicted octanol–water partition coefficient (Wildman–Crippen LogP) is 1.76. The Morgan fingerprint density at radius 3 is 2.48 bits per heavy atom. The lowest BCUT2D eigenvalue weighted by molar-refractivity contribution is -0.131. The molecule has 0 spiro atoms. The fraction of sp³-hybridized carbons (Fsp3) is 0.429. The molecule has 1 aromatic carbocycles. The smallest absolute Gasteiger partial charge is 0.253 e. The highest BCUT2D eigenvalue weighted by molar-refractivity contribution is 6.34. The summed E-state index contributed by atoms with van der Waals surface area (Å²) < 4.78 is 0. The van der Waals surface area contributed by atoms with Gasteiger partial charge in [0.25, 0.3) is 5.91 Å². The maximum atomic E-state index is 12.0. The Balaban J connectivity index is 1.98. The lowest BCUT2D eigenvalue weighted by Gasteiger charge is -2.17. The summed E-state index contributed by atoms with van der Waals surface area (Å²) >= 11 is 11.7. The highest BCUT2D eigenvalue weighted by atomic mass is 35.5. The van der Waals surface area contributed by atoms with Crippen molar-refractivity contribution in [1.82, 2.24) is 10.2 Å². The largest absolute Gasteiger partial charge is 0.378 e. The molecule has 1 heterocycles. The molecule has 2 atom stereocenters. The zero-order valence-electron chi connectivity index (χ0n) is 11.5. The summed E-state index contributed by atoms with van der Waals surface area (Å²) in [5, 5.41) is 13.5. The third-order valence-electron chi connectivity index (χ3n) is 3.43. The van der Waals surface area contributed by atoms with E-state index in [1.807, 2.05) is 0 Å². The van der Waals surface area contributed by atoms with Gasteiger partial charge in [0.05, 0.1) is 0 Å². The highest BCUT2D eigenvalue weighted by Gasteiger charge is 2.28. The molecular weight excluding hydrogens is 315 g/mol. The first kappa shape index (κ1) is 16.1. The Hall–Kier alpha value is -1.30. The van der Waals surface area contributed by atoms with E-state index in [2.05, 4.69) is 5.32 Å². The summed E-state index contributed by atoms with van der Waals surface area (Å²) in [4.78, 5) is 25.0. The van der Waals surface area contributed by atoms with Gasteiger partial charge in [-0.1, -0.05) is 23.2 Å². The van der Waals surface area contributed by atoms with Gasteiger partial charge in [-0.05, 0) is 30.2 Å². The number of rotatable bonds is 3. The second-order valence-corrected chi connectivity index (χ2v) is 5.94. The molecule has 2 amide bonds. The first-order valence-corrected chi connectivity index (χ1v) is 7.32. The van der Waals surface area contributed by atoms with Gasteiger partial charge in [0.2, 0.25) is 5.91 Å². The van der Waals surface area contributed by atoms with Crippen LogP contribution in [0.5, 0.6) is 0 Å². The molecule has 114 valence electrons. The van der Waals surface area contributed by atoms with E-state index >= 15 is 0 Å². The molecule has 5 nitrogen and oxygen atoms in total. The summed E-state index contributed by atoms with van der Waals surface area (Å²) in [5.41, 5.74) is 0.339. The number of nitrogens with one attached hydrogen (secondary N) is 1. The van der Waals surface area contributed by atoms with Gasteiger partial charge in [-0.25, -0.2) is 0 Å². The van der Waals surface area contributed by atoms with E-state index in [9.17, 15) is 14.7 Å². The van der Waals surface area contributed by atoms with E-state index < -0.39 is 12.0 Å². The first-order valence-electron chi connectivity index (χ1n) is 6.57. The van der Waals surface area contributed by atoms with Crippen LogP contribution in [0.15, 0.2) is 18.2 Å². The highest BCUT2D eigenvalue weighted by Crippen LogP contribution is 2.24. The topological polar surface area (TPSA) is 69.6 Å². The van der Waals surface area contributed by atoms with Crippen LogP contribution in [0.3, 0.4) is 0 Å². The van der Waals surface area contributed by atoms with Crippen LogP contribution in [0.4, 0.5) is 0 Å². The predicted molar refractivity (Wildman–Crippen MR) is 80.2 cm³/mol. The summed E-state index contributed by atoms with van der Waals surface area (Å²) in [6, 6.07) is 4.37. The fourth-order valence-electron chi connectivity index (χ4n) is 2.33. The number of benzene rings is 1. The molecule has 0 unspecified atom stereocenters. The molecule has 0 radical (unpaired) electrons. The van der Waals surface area contributed by atoms with Crippen LogP contribution in [0.1, 0.15) is 25.0 Å². The molecule has 2 rings (SSSR count). The average Bonchev–Trinajstić information content (AvgIpc) is 2.85. The van der Waals surface area contributed by atoms with Crippen LogP contribution in [0, 0.1) is 0 Å². The molecule has 1 saturated heterocycles. The van der Waals surface area contributed by atoms with Gasteiger partial charge in [-0.3, -0.25) is 9.59 Å². The Morgan fingerprint density at radius 2 is 1.95 bits per heavy atom. The molecule has 1 aromatic rings. The van der Waals surface area contributed by atoms with E-state index in [1.165, 1.54) is 25.1 Å². The molecule has 2 N–H and O–H groups in total. The van der Waals surface area contributed by atoms with E-state index in [0.717, 1.165) is 0 Å². The summed E-state index contributed by atoms with van der Waals surface area (Å²) in [7, 11) is 0. The fourth-order valence-corrected chi connectivity index (χ4v) is 2.87. The van der Waals surface area contributed by atoms with Crippen molar-refractivity contribution >= 4 is 35.0 Å². The maximum Gasteiger partial charge on any atom is 0.253 e. The normalized spacial score (nSPS) is 19.4. The van der Waals surface area contributed by atoms with Crippen LogP contribution in [0.2, 0.25) is 10.0 Å². The second-order valence-electron chi connectivity index (χ2n) is 5.06. The van der Waals surface area contributed by atoms with Crippen LogP contribution in [0.25, 0.3) is 0 Å². The number of aliphatic hydroxyl groups is 1. The van der Waals surface area contributed by atoms with Crippen molar-refractivity contribution in [3.8, 4) is 0 Å². The van der Waals surface area contributed by atoms with Crippen LogP contribution in [-0.4, -0.2) is 41.0 Å². The average molecular weight is 331 g/mol. The molecule has 0 bridgehead atoms. The number of amides is 2. The number of halogens is 2. The van der Waals surface area contributed by atoms with Crippen LogP contribution in [-0.2, 0) is 9.59 Å². The van der Waals surface area contributed by atoms with Crippen molar-refractivity contribution < 1.29 is 14.7 Å². The Bertz CT molecular complexity index is 545. The summed E-state index contributed by atoms with van der Waals surface area (Å²) in [6.07, 6.45) is -0.665. The first-order chi connectivity index (χ1) is 9.86. The van der Waals surface area contributed by atoms with E-state index in [4.69, 9.17) is 23.2 Å². The van der Waals surface area contributed by atoms with Crippen molar-refractivity contribution in [2.24, 2.45) is 0 Å². The van der Waals surface area contributed by atoms with Gasteiger partial charge in [0, 0.05) is 36.1 Å². The van der Waals surface area contributed by atoms with E-state index in [1.54, 1.807) is 4.90 Å². The molecular formula is C14H16Cl2N2O3. The lowest BCUT2D eigenvalue weighted by atomic mass is 10.1. The number of carbonyl (C=O) groups is 2. The van der Waals surface area contributed by atoms with Gasteiger partial charge < -0.3 is 15.3 Å². The minimum Gasteiger partial charge on any atom is -0.378 e. The Morgan fingerprint density at radius 1 is 1.33 bits per heavy atom. The third kappa shape index (κ3) is 4.09. The van der Waals surface area contributed by atoms with Crippen molar-refractivity contribution in [2.75, 3.05) is 13.1 Å². The van der Waals surface area contributed by atoms with E-state index in [-0.39, 0.29) is 11.9 Å². The Kier molecular flexibility index (Phi) is 5.08. The lowest BCUT2D eigenvalue weighted by Crippen LogP contribution is -2.40. The zero-order valence-corrected chi connectivity index (χ0v) is 13.0. The van der Waals surface area contributed by atoms with Crippen molar-refractivity contribution in [3.63, 3.8) is 0 Å². The number of hydrogen-bond donors (Lipinski definition) is 2. The van der Waals surface area contributed by atoms with Crippen molar-refractivity contribution in [1.29, 1.82) is 0 Å². The van der Waals surface area contributed by atoms with Gasteiger partial charge in [-0.15, -0.1) is 0 Å². The van der Waals surface area contributed by atoms with Crippen molar-refractivity contribution in [3.05, 3.63) is 33.8 Å². The Labute approximate surface area is 132 Å². The van der Waals surface area contributed by atoms with Crippen molar-refractivity contribution in [2.45, 2.75) is 25.5 Å². The zero-order chi connectivity index (χ0) is 15.6. The van der Waals surface area contributed by atoms with Gasteiger partial charge in [-0.2, -0.15) is 0 Å². The minimum atomic E-state index is -1.34. The number of likely N-dealkylation sites (tertiary alicyclic amines) is 1. The SMILES string of the molecule is CC(=O)N1CC[C@H](NC(=O)[C@@H](O)c2cc(Cl)cc(Cl)c2)C1. The molecule has 0 saturated carbocycles. The van der Waals surface area contributed by atoms with Gasteiger partial charge in [0.15, 0.2) is 6.10 Å². The second kappa shape index (κ2) is 6.64. The number of nitrogens with zero attached hydrogens (tertiary/aromatic N) is 1. The number of carbonyl (C=O) groups excluding carboxylic acids is 2. The quantitative estimate of drug-likeness (QED) is 0.887. The molecule has 7 heteroatoms. The molecule has 0 aromatic heterocycles. The molecule has 1 aliphatic rings. The summed E-state index contributed by atoms with van der Waals surface area (Å²) in [5.74, 6) is -0.544. The standard InChI is InChI=1S/C14H16Cl2N2O3/c1-8(19)18-3-2-12(7-18)17-14(21)13(20)9-4-10(15)6-11(16)5-9/h4-6,12-13,20H,2-3,7H2,1H3,(H,17,21)/t12-,13-/m0/s1. The van der Waals surface area contributed by atoms with Gasteiger partial charge >= 0.3 is 0 Å². The summed E-state index contributed by atoms with van der Waals surface area (Å²) in [6.45, 7) is 2.57. The van der Waals surface area contributed by atoms with Gasteiger partial charge in [0.1, 0.15) is 0 Å². The number of hydrogen-bond acceptors (Lipinski definition) is 3. The van der Waals surface area contributed by atoms with Crippen LogP contribution < -0.4 is 5.32 Å². The molecule has 1 aliphatic heterocycles. The minimum absolute atomic E-state index is 0.0195.